The van der Waals surface area contributed by atoms with Gasteiger partial charge in [-0.2, -0.15) is 16.9 Å². The van der Waals surface area contributed by atoms with E-state index in [9.17, 15) is 5.11 Å². The second-order valence-corrected chi connectivity index (χ2v) is 5.01. The lowest BCUT2D eigenvalue weighted by atomic mass is 10.1. The molecule has 1 heterocycles. The van der Waals surface area contributed by atoms with E-state index in [2.05, 4.69) is 25.2 Å². The Hall–Kier alpha value is -0.480. The first kappa shape index (κ1) is 12.6. The van der Waals surface area contributed by atoms with Crippen LogP contribution in [0.4, 0.5) is 0 Å². The van der Waals surface area contributed by atoms with E-state index < -0.39 is 0 Å². The molecule has 0 fully saturated rings. The summed E-state index contributed by atoms with van der Waals surface area (Å²) in [6, 6.07) is 2.38. The van der Waals surface area contributed by atoms with Crippen LogP contribution in [0.2, 0.25) is 0 Å². The molecule has 0 aliphatic rings. The second-order valence-electron chi connectivity index (χ2n) is 4.02. The minimum absolute atomic E-state index is 0.257. The fourth-order valence-corrected chi connectivity index (χ4v) is 1.88. The van der Waals surface area contributed by atoms with Crippen molar-refractivity contribution in [2.45, 2.75) is 38.8 Å². The fraction of sp³-hybridized carbons (Fsp3) is 0.727. The van der Waals surface area contributed by atoms with Gasteiger partial charge in [0.05, 0.1) is 11.8 Å². The number of hydrogen-bond donors (Lipinski definition) is 1. The third-order valence-corrected chi connectivity index (χ3v) is 2.94. The third kappa shape index (κ3) is 4.26. The van der Waals surface area contributed by atoms with Crippen molar-refractivity contribution in [3.63, 3.8) is 0 Å². The van der Waals surface area contributed by atoms with Gasteiger partial charge in [-0.05, 0) is 38.3 Å². The summed E-state index contributed by atoms with van der Waals surface area (Å²) in [4.78, 5) is 0. The van der Waals surface area contributed by atoms with E-state index in [0.717, 1.165) is 17.9 Å². The Morgan fingerprint density at radius 2 is 2.27 bits per heavy atom. The van der Waals surface area contributed by atoms with Gasteiger partial charge in [-0.3, -0.25) is 4.68 Å². The molecule has 0 bridgehead atoms. The van der Waals surface area contributed by atoms with E-state index in [0.29, 0.717) is 12.5 Å². The molecule has 0 spiro atoms. The van der Waals surface area contributed by atoms with Crippen molar-refractivity contribution in [1.82, 2.24) is 9.78 Å². The van der Waals surface area contributed by atoms with E-state index in [-0.39, 0.29) is 6.10 Å². The van der Waals surface area contributed by atoms with Gasteiger partial charge in [-0.25, -0.2) is 0 Å². The highest BCUT2D eigenvalue weighted by Gasteiger charge is 2.08. The average Bonchev–Trinajstić information content (AvgIpc) is 2.63. The predicted molar refractivity (Wildman–Crippen MR) is 65.3 cm³/mol. The Balaban J connectivity index is 2.42. The minimum Gasteiger partial charge on any atom is -0.393 e. The van der Waals surface area contributed by atoms with E-state index >= 15 is 0 Å². The Kier molecular flexibility index (Phi) is 5.19. The van der Waals surface area contributed by atoms with Gasteiger partial charge in [0.2, 0.25) is 0 Å². The molecular weight excluding hydrogens is 208 g/mol. The monoisotopic (exact) mass is 228 g/mol. The van der Waals surface area contributed by atoms with Crippen molar-refractivity contribution < 1.29 is 5.11 Å². The normalized spacial score (nSPS) is 13.4. The van der Waals surface area contributed by atoms with Gasteiger partial charge in [0, 0.05) is 18.7 Å². The van der Waals surface area contributed by atoms with E-state index in [1.54, 1.807) is 11.8 Å². The SMILES string of the molecule is CSCCC(O)Cc1ccn(C(C)C)n1. The Labute approximate surface area is 95.9 Å². The van der Waals surface area contributed by atoms with Crippen molar-refractivity contribution in [2.75, 3.05) is 12.0 Å². The molecule has 1 N–H and O–H groups in total. The maximum atomic E-state index is 9.72. The molecule has 0 saturated heterocycles. The molecule has 4 heteroatoms. The molecule has 1 aromatic heterocycles. The zero-order valence-electron chi connectivity index (χ0n) is 9.68. The summed E-state index contributed by atoms with van der Waals surface area (Å²) in [7, 11) is 0. The van der Waals surface area contributed by atoms with Crippen LogP contribution in [0, 0.1) is 0 Å². The van der Waals surface area contributed by atoms with Gasteiger partial charge in [-0.1, -0.05) is 0 Å². The molecule has 0 radical (unpaired) electrons. The summed E-state index contributed by atoms with van der Waals surface area (Å²) in [5.41, 5.74) is 0.984. The molecule has 0 amide bonds. The molecule has 1 unspecified atom stereocenters. The van der Waals surface area contributed by atoms with Gasteiger partial charge < -0.3 is 5.11 Å². The molecular formula is C11H20N2OS. The standard InChI is InChI=1S/C11H20N2OS/c1-9(2)13-6-4-10(12-13)8-11(14)5-7-15-3/h4,6,9,11,14H,5,7-8H2,1-3H3. The van der Waals surface area contributed by atoms with Crippen LogP contribution in [0.3, 0.4) is 0 Å². The van der Waals surface area contributed by atoms with Crippen LogP contribution in [0.5, 0.6) is 0 Å². The van der Waals surface area contributed by atoms with Crippen LogP contribution in [-0.4, -0.2) is 33.0 Å². The number of aromatic nitrogens is 2. The molecule has 0 aliphatic carbocycles. The van der Waals surface area contributed by atoms with Crippen LogP contribution < -0.4 is 0 Å². The number of rotatable bonds is 6. The maximum absolute atomic E-state index is 9.72. The molecule has 3 nitrogen and oxygen atoms in total. The first-order chi connectivity index (χ1) is 7.13. The summed E-state index contributed by atoms with van der Waals surface area (Å²) < 4.78 is 1.93. The molecule has 86 valence electrons. The first-order valence-corrected chi connectivity index (χ1v) is 6.74. The highest BCUT2D eigenvalue weighted by molar-refractivity contribution is 7.98. The first-order valence-electron chi connectivity index (χ1n) is 5.34. The van der Waals surface area contributed by atoms with Crippen molar-refractivity contribution >= 4 is 11.8 Å². The number of nitrogens with zero attached hydrogens (tertiary/aromatic N) is 2. The molecule has 15 heavy (non-hydrogen) atoms. The van der Waals surface area contributed by atoms with Gasteiger partial charge >= 0.3 is 0 Å². The minimum atomic E-state index is -0.257. The van der Waals surface area contributed by atoms with Crippen LogP contribution >= 0.6 is 11.8 Å². The topological polar surface area (TPSA) is 38.0 Å². The van der Waals surface area contributed by atoms with Gasteiger partial charge in [0.15, 0.2) is 0 Å². The smallest absolute Gasteiger partial charge is 0.0650 e. The van der Waals surface area contributed by atoms with Crippen molar-refractivity contribution in [1.29, 1.82) is 0 Å². The summed E-state index contributed by atoms with van der Waals surface area (Å²) in [6.07, 6.45) is 5.28. The molecule has 0 aliphatic heterocycles. The summed E-state index contributed by atoms with van der Waals surface area (Å²) in [6.45, 7) is 4.20. The van der Waals surface area contributed by atoms with Crippen molar-refractivity contribution in [3.05, 3.63) is 18.0 Å². The lowest BCUT2D eigenvalue weighted by Crippen LogP contribution is -2.12. The quantitative estimate of drug-likeness (QED) is 0.810. The lowest BCUT2D eigenvalue weighted by Gasteiger charge is -2.08. The van der Waals surface area contributed by atoms with Gasteiger partial charge in [-0.15, -0.1) is 0 Å². The zero-order chi connectivity index (χ0) is 11.3. The van der Waals surface area contributed by atoms with Gasteiger partial charge in [0.1, 0.15) is 0 Å². The number of aliphatic hydroxyl groups excluding tert-OH is 1. The Morgan fingerprint density at radius 3 is 2.80 bits per heavy atom. The second kappa shape index (κ2) is 6.18. The maximum Gasteiger partial charge on any atom is 0.0650 e. The largest absolute Gasteiger partial charge is 0.393 e. The number of hydrogen-bond acceptors (Lipinski definition) is 3. The molecule has 1 aromatic rings. The molecule has 1 rings (SSSR count). The highest BCUT2D eigenvalue weighted by Crippen LogP contribution is 2.09. The highest BCUT2D eigenvalue weighted by atomic mass is 32.2. The van der Waals surface area contributed by atoms with Crippen molar-refractivity contribution in [2.24, 2.45) is 0 Å². The van der Waals surface area contributed by atoms with Crippen LogP contribution in [0.15, 0.2) is 12.3 Å². The number of thioether (sulfide) groups is 1. The summed E-state index contributed by atoms with van der Waals surface area (Å²) >= 11 is 1.77. The van der Waals surface area contributed by atoms with Crippen LogP contribution in [-0.2, 0) is 6.42 Å². The van der Waals surface area contributed by atoms with Crippen LogP contribution in [0.1, 0.15) is 32.0 Å². The average molecular weight is 228 g/mol. The predicted octanol–water partition coefficient (Wildman–Crippen LogP) is 2.12. The Bertz CT molecular complexity index is 286. The third-order valence-electron chi connectivity index (χ3n) is 2.29. The fourth-order valence-electron chi connectivity index (χ4n) is 1.37. The van der Waals surface area contributed by atoms with Gasteiger partial charge in [0.25, 0.3) is 0 Å². The number of aliphatic hydroxyl groups is 1. The van der Waals surface area contributed by atoms with Crippen molar-refractivity contribution in [3.8, 4) is 0 Å². The molecule has 0 saturated carbocycles. The lowest BCUT2D eigenvalue weighted by molar-refractivity contribution is 0.170. The molecule has 1 atom stereocenters. The van der Waals surface area contributed by atoms with Crippen LogP contribution in [0.25, 0.3) is 0 Å². The Morgan fingerprint density at radius 1 is 1.53 bits per heavy atom. The molecule has 0 aromatic carbocycles. The van der Waals surface area contributed by atoms with E-state index in [1.165, 1.54) is 0 Å². The van der Waals surface area contributed by atoms with E-state index in [4.69, 9.17) is 0 Å². The van der Waals surface area contributed by atoms with E-state index in [1.807, 2.05) is 16.9 Å². The summed E-state index contributed by atoms with van der Waals surface area (Å²) in [5, 5.41) is 14.1. The zero-order valence-corrected chi connectivity index (χ0v) is 10.5. The summed E-state index contributed by atoms with van der Waals surface area (Å²) in [5.74, 6) is 1.01.